The molecule has 1 saturated heterocycles. The molecule has 1 heterocycles. The predicted molar refractivity (Wildman–Crippen MR) is 66.1 cm³/mol. The summed E-state index contributed by atoms with van der Waals surface area (Å²) in [5.74, 6) is -0.634. The minimum Gasteiger partial charge on any atom is -0.507 e. The van der Waals surface area contributed by atoms with Gasteiger partial charge in [-0.3, -0.25) is 0 Å². The third-order valence-electron chi connectivity index (χ3n) is 3.33. The zero-order valence-electron chi connectivity index (χ0n) is 10.5. The molecule has 0 unspecified atom stereocenters. The topological polar surface area (TPSA) is 35.5 Å². The number of nitrogens with one attached hydrogen (secondary N) is 1. The Hall–Kier alpha value is -1.27. The lowest BCUT2D eigenvalue weighted by Crippen LogP contribution is -2.44. The quantitative estimate of drug-likeness (QED) is 0.883. The summed E-state index contributed by atoms with van der Waals surface area (Å²) < 4.78 is 37.9. The molecule has 0 atom stereocenters. The van der Waals surface area contributed by atoms with E-state index in [2.05, 4.69) is 10.2 Å². The van der Waals surface area contributed by atoms with Gasteiger partial charge in [0.2, 0.25) is 0 Å². The lowest BCUT2D eigenvalue weighted by Gasteiger charge is -2.27. The van der Waals surface area contributed by atoms with Gasteiger partial charge in [0.25, 0.3) is 0 Å². The molecule has 0 saturated carbocycles. The first-order chi connectivity index (χ1) is 8.98. The zero-order valence-corrected chi connectivity index (χ0v) is 10.5. The van der Waals surface area contributed by atoms with E-state index in [0.29, 0.717) is 18.5 Å². The van der Waals surface area contributed by atoms with Crippen molar-refractivity contribution in [2.75, 3.05) is 32.7 Å². The number of rotatable bonds is 3. The van der Waals surface area contributed by atoms with Crippen molar-refractivity contribution in [1.82, 2.24) is 10.2 Å². The fourth-order valence-corrected chi connectivity index (χ4v) is 2.24. The van der Waals surface area contributed by atoms with Gasteiger partial charge in [0.1, 0.15) is 5.75 Å². The molecule has 0 amide bonds. The van der Waals surface area contributed by atoms with Crippen molar-refractivity contribution in [2.24, 2.45) is 0 Å². The summed E-state index contributed by atoms with van der Waals surface area (Å²) in [6, 6.07) is 3.80. The Morgan fingerprint density at radius 2 is 1.89 bits per heavy atom. The first kappa shape index (κ1) is 14.1. The number of hydrogen-bond donors (Lipinski definition) is 2. The third-order valence-corrected chi connectivity index (χ3v) is 3.33. The molecule has 19 heavy (non-hydrogen) atoms. The number of hydrogen-bond acceptors (Lipinski definition) is 3. The molecule has 1 aliphatic rings. The minimum absolute atomic E-state index is 0.355. The number of phenolic OH excluding ortho intramolecular Hbond substituents is 1. The molecule has 0 aliphatic carbocycles. The summed E-state index contributed by atoms with van der Waals surface area (Å²) in [5.41, 5.74) is -0.598. The van der Waals surface area contributed by atoms with Gasteiger partial charge in [0.05, 0.1) is 5.56 Å². The fraction of sp³-hybridized carbons (Fsp3) is 0.538. The molecule has 0 bridgehead atoms. The van der Waals surface area contributed by atoms with Crippen molar-refractivity contribution in [3.8, 4) is 5.75 Å². The second-order valence-corrected chi connectivity index (χ2v) is 4.65. The predicted octanol–water partition coefficient (Wildman–Crippen LogP) is 1.86. The molecule has 0 spiro atoms. The highest BCUT2D eigenvalue weighted by molar-refractivity contribution is 5.42. The summed E-state index contributed by atoms with van der Waals surface area (Å²) in [7, 11) is 0. The maximum absolute atomic E-state index is 12.6. The van der Waals surface area contributed by atoms with E-state index in [1.54, 1.807) is 6.07 Å². The van der Waals surface area contributed by atoms with Gasteiger partial charge in [-0.15, -0.1) is 0 Å². The van der Waals surface area contributed by atoms with Crippen LogP contribution in [0.2, 0.25) is 0 Å². The summed E-state index contributed by atoms with van der Waals surface area (Å²) in [5, 5.41) is 12.9. The molecule has 6 heteroatoms. The highest BCUT2D eigenvalue weighted by Crippen LogP contribution is 2.37. The van der Waals surface area contributed by atoms with E-state index in [0.717, 1.165) is 32.2 Å². The highest BCUT2D eigenvalue weighted by atomic mass is 19.4. The SMILES string of the molecule is Oc1c(CCN2CCNCC2)cccc1C(F)(F)F. The Labute approximate surface area is 110 Å². The Morgan fingerprint density at radius 3 is 2.53 bits per heavy atom. The molecule has 106 valence electrons. The van der Waals surface area contributed by atoms with Crippen LogP contribution in [-0.2, 0) is 12.6 Å². The van der Waals surface area contributed by atoms with Gasteiger partial charge in [-0.25, -0.2) is 0 Å². The number of phenols is 1. The number of alkyl halides is 3. The first-order valence-corrected chi connectivity index (χ1v) is 6.29. The van der Waals surface area contributed by atoms with Crippen LogP contribution in [-0.4, -0.2) is 42.7 Å². The monoisotopic (exact) mass is 274 g/mol. The van der Waals surface area contributed by atoms with Crippen molar-refractivity contribution in [3.63, 3.8) is 0 Å². The molecule has 0 aromatic heterocycles. The molecule has 1 fully saturated rings. The molecule has 2 N–H and O–H groups in total. The number of halogens is 3. The third kappa shape index (κ3) is 3.61. The average Bonchev–Trinajstić information content (AvgIpc) is 2.37. The summed E-state index contributed by atoms with van der Waals surface area (Å²) in [6.07, 6.45) is -4.08. The Kier molecular flexibility index (Phi) is 4.31. The standard InChI is InChI=1S/C13H17F3N2O/c14-13(15,16)11-3-1-2-10(12(11)19)4-7-18-8-5-17-6-9-18/h1-3,17,19H,4-9H2. The number of benzene rings is 1. The highest BCUT2D eigenvalue weighted by Gasteiger charge is 2.34. The molecule has 3 nitrogen and oxygen atoms in total. The van der Waals surface area contributed by atoms with Gasteiger partial charge in [-0.05, 0) is 18.1 Å². The van der Waals surface area contributed by atoms with E-state index in [9.17, 15) is 18.3 Å². The molecule has 1 aromatic rings. The van der Waals surface area contributed by atoms with Gasteiger partial charge in [-0.1, -0.05) is 12.1 Å². The van der Waals surface area contributed by atoms with Crippen LogP contribution in [0.3, 0.4) is 0 Å². The van der Waals surface area contributed by atoms with Crippen LogP contribution < -0.4 is 5.32 Å². The average molecular weight is 274 g/mol. The van der Waals surface area contributed by atoms with E-state index < -0.39 is 17.5 Å². The maximum atomic E-state index is 12.6. The van der Waals surface area contributed by atoms with Crippen LogP contribution in [0.5, 0.6) is 5.75 Å². The lowest BCUT2D eigenvalue weighted by atomic mass is 10.1. The number of piperazine rings is 1. The number of nitrogens with zero attached hydrogens (tertiary/aromatic N) is 1. The van der Waals surface area contributed by atoms with Crippen LogP contribution >= 0.6 is 0 Å². The number of para-hydroxylation sites is 1. The van der Waals surface area contributed by atoms with Gasteiger partial charge in [0.15, 0.2) is 0 Å². The van der Waals surface area contributed by atoms with E-state index in [1.807, 2.05) is 0 Å². The first-order valence-electron chi connectivity index (χ1n) is 6.29. The van der Waals surface area contributed by atoms with Crippen LogP contribution in [0.4, 0.5) is 13.2 Å². The second-order valence-electron chi connectivity index (χ2n) is 4.65. The Bertz CT molecular complexity index is 428. The van der Waals surface area contributed by atoms with Crippen molar-refractivity contribution in [1.29, 1.82) is 0 Å². The van der Waals surface area contributed by atoms with E-state index >= 15 is 0 Å². The van der Waals surface area contributed by atoms with Crippen molar-refractivity contribution in [2.45, 2.75) is 12.6 Å². The van der Waals surface area contributed by atoms with Crippen molar-refractivity contribution < 1.29 is 18.3 Å². The summed E-state index contributed by atoms with van der Waals surface area (Å²) >= 11 is 0. The molecular weight excluding hydrogens is 257 g/mol. The number of aromatic hydroxyl groups is 1. The fourth-order valence-electron chi connectivity index (χ4n) is 2.24. The minimum atomic E-state index is -4.50. The van der Waals surface area contributed by atoms with Crippen molar-refractivity contribution >= 4 is 0 Å². The normalized spacial score (nSPS) is 17.6. The van der Waals surface area contributed by atoms with Crippen molar-refractivity contribution in [3.05, 3.63) is 29.3 Å². The van der Waals surface area contributed by atoms with Gasteiger partial charge >= 0.3 is 6.18 Å². The van der Waals surface area contributed by atoms with Crippen LogP contribution in [0, 0.1) is 0 Å². The molecule has 1 aliphatic heterocycles. The van der Waals surface area contributed by atoms with Gasteiger partial charge in [0, 0.05) is 32.7 Å². The second kappa shape index (κ2) is 5.79. The molecular formula is C13H17F3N2O. The summed E-state index contributed by atoms with van der Waals surface area (Å²) in [6.45, 7) is 4.24. The van der Waals surface area contributed by atoms with Crippen LogP contribution in [0.1, 0.15) is 11.1 Å². The molecule has 0 radical (unpaired) electrons. The van der Waals surface area contributed by atoms with Gasteiger partial charge in [-0.2, -0.15) is 13.2 Å². The van der Waals surface area contributed by atoms with E-state index in [-0.39, 0.29) is 0 Å². The zero-order chi connectivity index (χ0) is 13.9. The van der Waals surface area contributed by atoms with Crippen LogP contribution in [0.25, 0.3) is 0 Å². The maximum Gasteiger partial charge on any atom is 0.419 e. The Morgan fingerprint density at radius 1 is 1.21 bits per heavy atom. The molecule has 2 rings (SSSR count). The smallest absolute Gasteiger partial charge is 0.419 e. The summed E-state index contributed by atoms with van der Waals surface area (Å²) in [4.78, 5) is 2.18. The van der Waals surface area contributed by atoms with Gasteiger partial charge < -0.3 is 15.3 Å². The Balaban J connectivity index is 2.04. The van der Waals surface area contributed by atoms with E-state index in [4.69, 9.17) is 0 Å². The lowest BCUT2D eigenvalue weighted by molar-refractivity contribution is -0.138. The van der Waals surface area contributed by atoms with Crippen LogP contribution in [0.15, 0.2) is 18.2 Å². The molecule has 1 aromatic carbocycles. The largest absolute Gasteiger partial charge is 0.507 e. The van der Waals surface area contributed by atoms with E-state index in [1.165, 1.54) is 6.07 Å².